The van der Waals surface area contributed by atoms with E-state index in [0.29, 0.717) is 32.2 Å². The van der Waals surface area contributed by atoms with Crippen LogP contribution in [-0.2, 0) is 4.79 Å². The van der Waals surface area contributed by atoms with Gasteiger partial charge in [0.25, 0.3) is 5.91 Å². The lowest BCUT2D eigenvalue weighted by atomic mass is 9.90. The molecule has 2 rings (SSSR count). The molecule has 1 saturated heterocycles. The number of hydrogen-bond donors (Lipinski definition) is 2. The van der Waals surface area contributed by atoms with Gasteiger partial charge in [0.2, 0.25) is 0 Å². The van der Waals surface area contributed by atoms with E-state index in [4.69, 9.17) is 5.73 Å². The van der Waals surface area contributed by atoms with Gasteiger partial charge in [-0.15, -0.1) is 0 Å². The Morgan fingerprint density at radius 2 is 2.19 bits per heavy atom. The number of nitrogens with zero attached hydrogens (tertiary/aromatic N) is 1. The number of carboxylic acid groups (broad SMARTS) is 1. The number of aliphatic carboxylic acids is 1. The number of rotatable bonds is 4. The highest BCUT2D eigenvalue weighted by atomic mass is 19.1. The van der Waals surface area contributed by atoms with E-state index in [0.717, 1.165) is 6.07 Å². The van der Waals surface area contributed by atoms with Crippen molar-refractivity contribution in [1.82, 2.24) is 4.90 Å². The van der Waals surface area contributed by atoms with Crippen LogP contribution in [0, 0.1) is 5.82 Å². The lowest BCUT2D eigenvalue weighted by Gasteiger charge is -2.34. The molecule has 1 aliphatic rings. The molecular weight excluding hydrogens is 275 g/mol. The molecule has 5 nitrogen and oxygen atoms in total. The molecule has 1 aromatic carbocycles. The van der Waals surface area contributed by atoms with Gasteiger partial charge in [0.15, 0.2) is 0 Å². The minimum absolute atomic E-state index is 0.132. The van der Waals surface area contributed by atoms with E-state index >= 15 is 0 Å². The fraction of sp³-hybridized carbons (Fsp3) is 0.467. The summed E-state index contributed by atoms with van der Waals surface area (Å²) in [6, 6.07) is 3.82. The fourth-order valence-corrected chi connectivity index (χ4v) is 3.03. The first-order valence-electron chi connectivity index (χ1n) is 7.03. The summed E-state index contributed by atoms with van der Waals surface area (Å²) >= 11 is 0. The van der Waals surface area contributed by atoms with Gasteiger partial charge in [-0.1, -0.05) is 13.3 Å². The van der Waals surface area contributed by atoms with Crippen LogP contribution in [0.5, 0.6) is 0 Å². The van der Waals surface area contributed by atoms with E-state index < -0.39 is 23.2 Å². The molecule has 6 heteroatoms. The Morgan fingerprint density at radius 3 is 2.76 bits per heavy atom. The number of nitrogens with two attached hydrogens (primary N) is 1. The maximum atomic E-state index is 13.9. The maximum Gasteiger partial charge on any atom is 0.329 e. The van der Waals surface area contributed by atoms with Crippen LogP contribution in [0.2, 0.25) is 0 Å². The third-order valence-electron chi connectivity index (χ3n) is 4.02. The Hall–Kier alpha value is -2.11. The average Bonchev–Trinajstić information content (AvgIpc) is 2.83. The molecule has 0 bridgehead atoms. The van der Waals surface area contributed by atoms with Crippen LogP contribution in [0.15, 0.2) is 18.2 Å². The van der Waals surface area contributed by atoms with Crippen molar-refractivity contribution in [2.75, 3.05) is 12.3 Å². The maximum absolute atomic E-state index is 13.9. The summed E-state index contributed by atoms with van der Waals surface area (Å²) < 4.78 is 13.9. The van der Waals surface area contributed by atoms with Gasteiger partial charge in [-0.3, -0.25) is 4.79 Å². The van der Waals surface area contributed by atoms with Crippen LogP contribution >= 0.6 is 0 Å². The minimum atomic E-state index is -1.22. The zero-order valence-electron chi connectivity index (χ0n) is 11.9. The number of carbonyl (C=O) groups excluding carboxylic acids is 1. The van der Waals surface area contributed by atoms with Crippen molar-refractivity contribution in [1.29, 1.82) is 0 Å². The summed E-state index contributed by atoms with van der Waals surface area (Å²) in [6.07, 6.45) is 2.01. The monoisotopic (exact) mass is 294 g/mol. The molecule has 1 aliphatic heterocycles. The van der Waals surface area contributed by atoms with Gasteiger partial charge in [-0.2, -0.15) is 0 Å². The highest BCUT2D eigenvalue weighted by molar-refractivity contribution is 5.98. The number of carboxylic acids is 1. The van der Waals surface area contributed by atoms with E-state index in [-0.39, 0.29) is 11.3 Å². The van der Waals surface area contributed by atoms with E-state index in [1.54, 1.807) is 0 Å². The molecule has 21 heavy (non-hydrogen) atoms. The third-order valence-corrected chi connectivity index (χ3v) is 4.02. The van der Waals surface area contributed by atoms with Crippen LogP contribution in [0.3, 0.4) is 0 Å². The molecule has 1 unspecified atom stereocenters. The highest BCUT2D eigenvalue weighted by Gasteiger charge is 2.49. The van der Waals surface area contributed by atoms with Crippen molar-refractivity contribution >= 4 is 17.6 Å². The van der Waals surface area contributed by atoms with Crippen LogP contribution in [0.4, 0.5) is 10.1 Å². The van der Waals surface area contributed by atoms with Crippen LogP contribution in [-0.4, -0.2) is 34.0 Å². The summed E-state index contributed by atoms with van der Waals surface area (Å²) in [5.74, 6) is -2.32. The van der Waals surface area contributed by atoms with Crippen molar-refractivity contribution < 1.29 is 19.1 Å². The molecular formula is C15H19FN2O3. The van der Waals surface area contributed by atoms with Gasteiger partial charge in [0.05, 0.1) is 5.56 Å². The zero-order chi connectivity index (χ0) is 15.6. The highest BCUT2D eigenvalue weighted by Crippen LogP contribution is 2.35. The summed E-state index contributed by atoms with van der Waals surface area (Å²) in [6.45, 7) is 2.20. The quantitative estimate of drug-likeness (QED) is 0.834. The molecule has 1 amide bonds. The molecule has 0 radical (unpaired) electrons. The Labute approximate surface area is 122 Å². The van der Waals surface area contributed by atoms with Crippen LogP contribution in [0.1, 0.15) is 43.0 Å². The first-order chi connectivity index (χ1) is 9.92. The topological polar surface area (TPSA) is 83.6 Å². The summed E-state index contributed by atoms with van der Waals surface area (Å²) in [7, 11) is 0. The molecule has 114 valence electrons. The molecule has 1 atom stereocenters. The number of amides is 1. The number of nitrogen functional groups attached to an aromatic ring is 1. The largest absolute Gasteiger partial charge is 0.479 e. The Kier molecular flexibility index (Phi) is 4.16. The average molecular weight is 294 g/mol. The van der Waals surface area contributed by atoms with Gasteiger partial charge in [-0.05, 0) is 37.5 Å². The lowest BCUT2D eigenvalue weighted by Crippen LogP contribution is -2.53. The normalized spacial score (nSPS) is 21.5. The van der Waals surface area contributed by atoms with Crippen molar-refractivity contribution in [2.45, 2.75) is 38.1 Å². The molecule has 0 aromatic heterocycles. The molecule has 0 saturated carbocycles. The predicted molar refractivity (Wildman–Crippen MR) is 76.4 cm³/mol. The SMILES string of the molecule is CCCC1(C(=O)O)CCCN1C(=O)c1ccc(N)cc1F. The number of benzene rings is 1. The summed E-state index contributed by atoms with van der Waals surface area (Å²) in [5.41, 5.74) is 4.34. The lowest BCUT2D eigenvalue weighted by molar-refractivity contribution is -0.148. The zero-order valence-corrected chi connectivity index (χ0v) is 11.9. The van der Waals surface area contributed by atoms with Crippen molar-refractivity contribution in [3.8, 4) is 0 Å². The van der Waals surface area contributed by atoms with Crippen LogP contribution in [0.25, 0.3) is 0 Å². The summed E-state index contributed by atoms with van der Waals surface area (Å²) in [5, 5.41) is 9.57. The van der Waals surface area contributed by atoms with E-state index in [1.165, 1.54) is 17.0 Å². The molecule has 1 aromatic rings. The van der Waals surface area contributed by atoms with Crippen molar-refractivity contribution in [3.63, 3.8) is 0 Å². The third kappa shape index (κ3) is 2.57. The number of halogens is 1. The Balaban J connectivity index is 2.39. The smallest absolute Gasteiger partial charge is 0.329 e. The van der Waals surface area contributed by atoms with Gasteiger partial charge < -0.3 is 15.7 Å². The predicted octanol–water partition coefficient (Wildman–Crippen LogP) is 2.27. The number of anilines is 1. The summed E-state index contributed by atoms with van der Waals surface area (Å²) in [4.78, 5) is 25.5. The second kappa shape index (κ2) is 5.71. The van der Waals surface area contributed by atoms with Gasteiger partial charge in [0, 0.05) is 12.2 Å². The van der Waals surface area contributed by atoms with Crippen molar-refractivity contribution in [2.24, 2.45) is 0 Å². The van der Waals surface area contributed by atoms with Crippen molar-refractivity contribution in [3.05, 3.63) is 29.6 Å². The Bertz CT molecular complexity index is 576. The second-order valence-corrected chi connectivity index (χ2v) is 5.39. The Morgan fingerprint density at radius 1 is 1.48 bits per heavy atom. The van der Waals surface area contributed by atoms with E-state index in [9.17, 15) is 19.1 Å². The molecule has 0 aliphatic carbocycles. The van der Waals surface area contributed by atoms with Gasteiger partial charge >= 0.3 is 5.97 Å². The molecule has 3 N–H and O–H groups in total. The number of likely N-dealkylation sites (tertiary alicyclic amines) is 1. The number of carbonyl (C=O) groups is 2. The standard InChI is InChI=1S/C15H19FN2O3/c1-2-6-15(14(20)21)7-3-8-18(15)13(19)11-5-4-10(17)9-12(11)16/h4-5,9H,2-3,6-8,17H2,1H3,(H,20,21). The first kappa shape index (κ1) is 15.3. The van der Waals surface area contributed by atoms with Gasteiger partial charge in [-0.25, -0.2) is 9.18 Å². The van der Waals surface area contributed by atoms with Gasteiger partial charge in [0.1, 0.15) is 11.4 Å². The minimum Gasteiger partial charge on any atom is -0.479 e. The van der Waals surface area contributed by atoms with E-state index in [1.807, 2.05) is 6.92 Å². The van der Waals surface area contributed by atoms with E-state index in [2.05, 4.69) is 0 Å². The molecule has 1 heterocycles. The molecule has 1 fully saturated rings. The fourth-order valence-electron chi connectivity index (χ4n) is 3.03. The molecule has 0 spiro atoms. The number of hydrogen-bond acceptors (Lipinski definition) is 3. The van der Waals surface area contributed by atoms with Crippen LogP contribution < -0.4 is 5.73 Å². The second-order valence-electron chi connectivity index (χ2n) is 5.39. The first-order valence-corrected chi connectivity index (χ1v) is 7.03.